The molecule has 2 rings (SSSR count). The third kappa shape index (κ3) is 5.53. The topological polar surface area (TPSA) is 69.7 Å². The maximum atomic E-state index is 11.5. The number of pyridine rings is 1. The molecule has 0 aliphatic rings. The van der Waals surface area contributed by atoms with Crippen LogP contribution in [0, 0.1) is 0 Å². The zero-order chi connectivity index (χ0) is 18.8. The second kappa shape index (κ2) is 10.4. The third-order valence-electron chi connectivity index (χ3n) is 3.21. The van der Waals surface area contributed by atoms with Gasteiger partial charge in [0.1, 0.15) is 22.5 Å². The van der Waals surface area contributed by atoms with E-state index in [1.54, 1.807) is 32.4 Å². The Bertz CT molecular complexity index is 707. The lowest BCUT2D eigenvalue weighted by Crippen LogP contribution is -2.07. The van der Waals surface area contributed by atoms with Crippen molar-refractivity contribution in [3.05, 3.63) is 46.6 Å². The van der Waals surface area contributed by atoms with Gasteiger partial charge in [-0.2, -0.15) is 0 Å². The number of esters is 1. The van der Waals surface area contributed by atoms with Crippen molar-refractivity contribution in [1.29, 1.82) is 0 Å². The van der Waals surface area contributed by atoms with Gasteiger partial charge in [0.05, 0.1) is 26.9 Å². The summed E-state index contributed by atoms with van der Waals surface area (Å²) in [4.78, 5) is 15.6. The Labute approximate surface area is 153 Å². The number of methoxy groups -OCH3 is 3. The summed E-state index contributed by atoms with van der Waals surface area (Å²) in [6.07, 6.45) is 0. The first-order valence-electron chi connectivity index (χ1n) is 7.78. The fourth-order valence-electron chi connectivity index (χ4n) is 1.98. The summed E-state index contributed by atoms with van der Waals surface area (Å²) >= 11 is 5.99. The average Bonchev–Trinajstić information content (AvgIpc) is 2.67. The Kier molecular flexibility index (Phi) is 8.56. The van der Waals surface area contributed by atoms with Crippen molar-refractivity contribution in [2.24, 2.45) is 0 Å². The highest BCUT2D eigenvalue weighted by Gasteiger charge is 2.12. The number of aromatic nitrogens is 1. The second-order valence-electron chi connectivity index (χ2n) is 4.56. The van der Waals surface area contributed by atoms with E-state index >= 15 is 0 Å². The van der Waals surface area contributed by atoms with E-state index in [2.05, 4.69) is 15.0 Å². The van der Waals surface area contributed by atoms with E-state index in [-0.39, 0.29) is 10.7 Å². The van der Waals surface area contributed by atoms with Crippen molar-refractivity contribution in [2.75, 3.05) is 26.6 Å². The van der Waals surface area contributed by atoms with Gasteiger partial charge in [0.2, 0.25) is 0 Å². The van der Waals surface area contributed by atoms with E-state index in [4.69, 9.17) is 21.1 Å². The summed E-state index contributed by atoms with van der Waals surface area (Å²) in [7, 11) is 4.49. The summed E-state index contributed by atoms with van der Waals surface area (Å²) in [5.41, 5.74) is 1.16. The van der Waals surface area contributed by atoms with Gasteiger partial charge < -0.3 is 19.5 Å². The maximum Gasteiger partial charge on any atom is 0.341 e. The van der Waals surface area contributed by atoms with Gasteiger partial charge in [0.25, 0.3) is 0 Å². The van der Waals surface area contributed by atoms with Crippen LogP contribution in [0.1, 0.15) is 29.8 Å². The maximum absolute atomic E-state index is 11.5. The van der Waals surface area contributed by atoms with Crippen molar-refractivity contribution in [3.63, 3.8) is 0 Å². The number of hydrogen-bond acceptors (Lipinski definition) is 6. The van der Waals surface area contributed by atoms with Crippen LogP contribution in [0.15, 0.2) is 30.3 Å². The normalized spacial score (nSPS) is 9.52. The smallest absolute Gasteiger partial charge is 0.341 e. The number of carbonyl (C=O) groups is 1. The number of carbonyl (C=O) groups excluding carboxylic acids is 1. The monoisotopic (exact) mass is 366 g/mol. The molecule has 6 nitrogen and oxygen atoms in total. The molecule has 0 atom stereocenters. The highest BCUT2D eigenvalue weighted by molar-refractivity contribution is 6.32. The van der Waals surface area contributed by atoms with Crippen LogP contribution in [0.5, 0.6) is 11.5 Å². The number of rotatable bonds is 6. The Balaban J connectivity index is 0.00000151. The Hall–Kier alpha value is -2.47. The number of anilines is 1. The minimum atomic E-state index is -0.522. The van der Waals surface area contributed by atoms with Crippen LogP contribution >= 0.6 is 11.6 Å². The quantitative estimate of drug-likeness (QED) is 0.611. The molecule has 0 amide bonds. The molecule has 0 bridgehead atoms. The van der Waals surface area contributed by atoms with Crippen LogP contribution < -0.4 is 14.8 Å². The molecule has 7 heteroatoms. The molecule has 0 aliphatic carbocycles. The highest BCUT2D eigenvalue weighted by atomic mass is 35.5. The molecule has 1 aromatic heterocycles. The van der Waals surface area contributed by atoms with Gasteiger partial charge in [0.15, 0.2) is 0 Å². The molecule has 0 spiro atoms. The van der Waals surface area contributed by atoms with Gasteiger partial charge in [-0.25, -0.2) is 9.78 Å². The SMILES string of the molecule is CC.COC(=O)c1ccc(NCc2ccc(OC)cc2OC)nc1Cl. The first-order valence-corrected chi connectivity index (χ1v) is 8.16. The number of nitrogens with zero attached hydrogens (tertiary/aromatic N) is 1. The third-order valence-corrected chi connectivity index (χ3v) is 3.50. The first kappa shape index (κ1) is 20.6. The minimum absolute atomic E-state index is 0.0866. The molecule has 0 aliphatic heterocycles. The largest absolute Gasteiger partial charge is 0.497 e. The summed E-state index contributed by atoms with van der Waals surface area (Å²) in [6, 6.07) is 8.77. The van der Waals surface area contributed by atoms with E-state index in [9.17, 15) is 4.79 Å². The Morgan fingerprint density at radius 3 is 2.40 bits per heavy atom. The zero-order valence-corrected chi connectivity index (χ0v) is 15.8. The van der Waals surface area contributed by atoms with Crippen LogP contribution in [-0.4, -0.2) is 32.3 Å². The molecule has 1 N–H and O–H groups in total. The van der Waals surface area contributed by atoms with Gasteiger partial charge in [0, 0.05) is 18.2 Å². The number of nitrogens with one attached hydrogen (secondary N) is 1. The zero-order valence-electron chi connectivity index (χ0n) is 15.1. The van der Waals surface area contributed by atoms with E-state index in [0.717, 1.165) is 5.56 Å². The molecule has 136 valence electrons. The van der Waals surface area contributed by atoms with Crippen LogP contribution in [0.4, 0.5) is 5.82 Å². The fourth-order valence-corrected chi connectivity index (χ4v) is 2.21. The minimum Gasteiger partial charge on any atom is -0.497 e. The number of ether oxygens (including phenoxy) is 3. The van der Waals surface area contributed by atoms with Crippen LogP contribution in [0.25, 0.3) is 0 Å². The predicted molar refractivity (Wildman–Crippen MR) is 98.8 cm³/mol. The molecular formula is C18H23ClN2O4. The van der Waals surface area contributed by atoms with E-state index in [1.165, 1.54) is 7.11 Å². The molecule has 0 radical (unpaired) electrons. The molecule has 0 fully saturated rings. The number of halogens is 1. The van der Waals surface area contributed by atoms with Gasteiger partial charge >= 0.3 is 5.97 Å². The highest BCUT2D eigenvalue weighted by Crippen LogP contribution is 2.25. The average molecular weight is 367 g/mol. The van der Waals surface area contributed by atoms with Crippen molar-refractivity contribution in [1.82, 2.24) is 4.98 Å². The van der Waals surface area contributed by atoms with E-state index in [0.29, 0.717) is 23.9 Å². The first-order chi connectivity index (χ1) is 12.1. The van der Waals surface area contributed by atoms with Gasteiger partial charge in [-0.05, 0) is 24.3 Å². The lowest BCUT2D eigenvalue weighted by molar-refractivity contribution is 0.0600. The summed E-state index contributed by atoms with van der Waals surface area (Å²) < 4.78 is 15.1. The van der Waals surface area contributed by atoms with Crippen molar-refractivity contribution >= 4 is 23.4 Å². The van der Waals surface area contributed by atoms with Crippen molar-refractivity contribution in [3.8, 4) is 11.5 Å². The summed E-state index contributed by atoms with van der Waals surface area (Å²) in [5.74, 6) is 1.44. The molecule has 0 unspecified atom stereocenters. The molecule has 2 aromatic rings. The van der Waals surface area contributed by atoms with Gasteiger partial charge in [-0.1, -0.05) is 25.4 Å². The van der Waals surface area contributed by atoms with Crippen molar-refractivity contribution < 1.29 is 19.0 Å². The second-order valence-corrected chi connectivity index (χ2v) is 4.92. The molecular weight excluding hydrogens is 344 g/mol. The van der Waals surface area contributed by atoms with E-state index in [1.807, 2.05) is 26.0 Å². The molecule has 1 heterocycles. The number of benzene rings is 1. The molecule has 25 heavy (non-hydrogen) atoms. The summed E-state index contributed by atoms with van der Waals surface area (Å²) in [5, 5.41) is 3.22. The van der Waals surface area contributed by atoms with Crippen LogP contribution in [0.3, 0.4) is 0 Å². The van der Waals surface area contributed by atoms with Gasteiger partial charge in [-0.15, -0.1) is 0 Å². The lowest BCUT2D eigenvalue weighted by Gasteiger charge is -2.12. The molecule has 1 aromatic carbocycles. The Morgan fingerprint density at radius 2 is 1.84 bits per heavy atom. The lowest BCUT2D eigenvalue weighted by atomic mass is 10.2. The van der Waals surface area contributed by atoms with Crippen LogP contribution in [-0.2, 0) is 11.3 Å². The molecule has 0 saturated carbocycles. The molecule has 0 saturated heterocycles. The predicted octanol–water partition coefficient (Wildman–Crippen LogP) is 4.18. The standard InChI is InChI=1S/C16H17ClN2O4.C2H6/c1-21-11-5-4-10(13(8-11)22-2)9-18-14-7-6-12(15(17)19-14)16(20)23-3;1-2/h4-8H,9H2,1-3H3,(H,18,19);1-2H3. The number of hydrogen-bond donors (Lipinski definition) is 1. The van der Waals surface area contributed by atoms with Crippen LogP contribution in [0.2, 0.25) is 5.15 Å². The van der Waals surface area contributed by atoms with E-state index < -0.39 is 5.97 Å². The fraction of sp³-hybridized carbons (Fsp3) is 0.333. The van der Waals surface area contributed by atoms with Crippen molar-refractivity contribution in [2.45, 2.75) is 20.4 Å². The summed E-state index contributed by atoms with van der Waals surface area (Å²) in [6.45, 7) is 4.48. The Morgan fingerprint density at radius 1 is 1.12 bits per heavy atom. The van der Waals surface area contributed by atoms with Gasteiger partial charge in [-0.3, -0.25) is 0 Å².